The molecule has 0 aliphatic carbocycles. The molecule has 0 saturated carbocycles. The van der Waals surface area contributed by atoms with Gasteiger partial charge >= 0.3 is 0 Å². The van der Waals surface area contributed by atoms with E-state index < -0.39 is 0 Å². The first kappa shape index (κ1) is 16.2. The molecule has 0 fully saturated rings. The lowest BCUT2D eigenvalue weighted by molar-refractivity contribution is -0.117. The van der Waals surface area contributed by atoms with E-state index in [1.165, 1.54) is 11.1 Å². The van der Waals surface area contributed by atoms with Gasteiger partial charge in [0.05, 0.1) is 11.4 Å². The smallest absolute Gasteiger partial charge is 0.143 e. The summed E-state index contributed by atoms with van der Waals surface area (Å²) >= 11 is 0. The Hall–Kier alpha value is -2.70. The molecule has 0 radical (unpaired) electrons. The Morgan fingerprint density at radius 3 is 2.71 bits per heavy atom. The van der Waals surface area contributed by atoms with Gasteiger partial charge in [0, 0.05) is 18.4 Å². The summed E-state index contributed by atoms with van der Waals surface area (Å²) < 4.78 is 0. The second kappa shape index (κ2) is 6.82. The molecule has 3 heteroatoms. The summed E-state index contributed by atoms with van der Waals surface area (Å²) in [5.41, 5.74) is 6.71. The normalized spacial score (nSPS) is 13.5. The molecule has 1 aliphatic heterocycles. The highest BCUT2D eigenvalue weighted by Crippen LogP contribution is 2.28. The third kappa shape index (κ3) is 3.45. The van der Waals surface area contributed by atoms with E-state index >= 15 is 0 Å². The lowest BCUT2D eigenvalue weighted by Crippen LogP contribution is -2.09. The monoisotopic (exact) mass is 317 g/mol. The maximum absolute atomic E-state index is 12.3. The van der Waals surface area contributed by atoms with Crippen LogP contribution in [0.25, 0.3) is 0 Å². The first-order valence-corrected chi connectivity index (χ1v) is 7.96. The third-order valence-electron chi connectivity index (χ3n) is 4.21. The second-order valence-electron chi connectivity index (χ2n) is 6.06. The Bertz CT molecular complexity index is 898. The summed E-state index contributed by atoms with van der Waals surface area (Å²) in [6.45, 7) is 3.94. The van der Waals surface area contributed by atoms with Crippen molar-refractivity contribution in [1.82, 2.24) is 0 Å². The predicted octanol–water partition coefficient (Wildman–Crippen LogP) is 3.28. The molecule has 2 aromatic carbocycles. The molecule has 0 aromatic heterocycles. The number of aliphatic hydroxyl groups is 1. The average Bonchev–Trinajstić information content (AvgIpc) is 2.72. The van der Waals surface area contributed by atoms with Crippen LogP contribution in [0.2, 0.25) is 0 Å². The van der Waals surface area contributed by atoms with Crippen LogP contribution in [0.4, 0.5) is 5.69 Å². The van der Waals surface area contributed by atoms with E-state index in [0.717, 1.165) is 28.1 Å². The maximum Gasteiger partial charge on any atom is 0.143 e. The molecule has 120 valence electrons. The van der Waals surface area contributed by atoms with Gasteiger partial charge in [-0.05, 0) is 54.3 Å². The van der Waals surface area contributed by atoms with Crippen molar-refractivity contribution in [3.63, 3.8) is 0 Å². The number of ketones is 1. The molecule has 1 aliphatic rings. The SMILES string of the molecule is Cc1cc2c(cc1C)N=C(c1cccc(C#CCO)c1)CC(=O)C2. The van der Waals surface area contributed by atoms with Gasteiger partial charge in [0.2, 0.25) is 0 Å². The van der Waals surface area contributed by atoms with E-state index in [4.69, 9.17) is 10.1 Å². The van der Waals surface area contributed by atoms with Crippen molar-refractivity contribution in [2.24, 2.45) is 4.99 Å². The highest BCUT2D eigenvalue weighted by Gasteiger charge is 2.18. The second-order valence-corrected chi connectivity index (χ2v) is 6.06. The minimum atomic E-state index is -0.171. The van der Waals surface area contributed by atoms with Crippen LogP contribution in [0.15, 0.2) is 41.4 Å². The van der Waals surface area contributed by atoms with Gasteiger partial charge in [-0.25, -0.2) is 0 Å². The van der Waals surface area contributed by atoms with Crippen LogP contribution < -0.4 is 0 Å². The van der Waals surface area contributed by atoms with Gasteiger partial charge in [-0.1, -0.05) is 30.0 Å². The molecule has 3 rings (SSSR count). The number of aliphatic hydroxyl groups excluding tert-OH is 1. The zero-order valence-electron chi connectivity index (χ0n) is 13.9. The average molecular weight is 317 g/mol. The van der Waals surface area contributed by atoms with Crippen LogP contribution in [0.3, 0.4) is 0 Å². The Morgan fingerprint density at radius 2 is 1.92 bits per heavy atom. The number of hydrogen-bond acceptors (Lipinski definition) is 3. The highest BCUT2D eigenvalue weighted by atomic mass is 16.2. The lowest BCUT2D eigenvalue weighted by atomic mass is 9.99. The first-order valence-electron chi connectivity index (χ1n) is 7.96. The number of aliphatic imine (C=N–C) groups is 1. The molecule has 1 N–H and O–H groups in total. The molecular formula is C21H19NO2. The number of nitrogens with zero attached hydrogens (tertiary/aromatic N) is 1. The van der Waals surface area contributed by atoms with Gasteiger partial charge in [-0.15, -0.1) is 0 Å². The van der Waals surface area contributed by atoms with Crippen molar-refractivity contribution in [2.45, 2.75) is 26.7 Å². The minimum absolute atomic E-state index is 0.169. The molecule has 0 unspecified atom stereocenters. The highest BCUT2D eigenvalue weighted by molar-refractivity contribution is 6.13. The standard InChI is InChI=1S/C21H19NO2/c1-14-9-18-12-19(24)13-21(22-20(18)10-15(14)2)17-7-3-5-16(11-17)6-4-8-23/h3,5,7,9-11,23H,8,12-13H2,1-2H3. The van der Waals surface area contributed by atoms with Crippen molar-refractivity contribution in [1.29, 1.82) is 0 Å². The van der Waals surface area contributed by atoms with Crippen molar-refractivity contribution in [3.8, 4) is 11.8 Å². The van der Waals surface area contributed by atoms with E-state index in [0.29, 0.717) is 12.8 Å². The fraction of sp³-hybridized carbons (Fsp3) is 0.238. The fourth-order valence-corrected chi connectivity index (χ4v) is 2.84. The molecule has 0 atom stereocenters. The minimum Gasteiger partial charge on any atom is -0.384 e. The quantitative estimate of drug-likeness (QED) is 0.821. The summed E-state index contributed by atoms with van der Waals surface area (Å²) in [6.07, 6.45) is 0.747. The lowest BCUT2D eigenvalue weighted by Gasteiger charge is -2.07. The molecule has 2 aromatic rings. The number of fused-ring (bicyclic) bond motifs is 1. The van der Waals surface area contributed by atoms with E-state index in [9.17, 15) is 4.79 Å². The molecule has 0 spiro atoms. The number of carbonyl (C=O) groups is 1. The van der Waals surface area contributed by atoms with Crippen molar-refractivity contribution in [3.05, 3.63) is 64.2 Å². The van der Waals surface area contributed by atoms with Crippen molar-refractivity contribution >= 4 is 17.2 Å². The number of hydrogen-bond donors (Lipinski definition) is 1. The van der Waals surface area contributed by atoms with Gasteiger partial charge in [0.1, 0.15) is 12.4 Å². The van der Waals surface area contributed by atoms with Gasteiger partial charge in [0.15, 0.2) is 0 Å². The number of Topliss-reactive ketones (excluding diaryl/α,β-unsaturated/α-hetero) is 1. The summed E-state index contributed by atoms with van der Waals surface area (Å²) in [4.78, 5) is 17.1. The Kier molecular flexibility index (Phi) is 4.59. The number of carbonyl (C=O) groups excluding carboxylic acids is 1. The molecule has 24 heavy (non-hydrogen) atoms. The molecule has 1 heterocycles. The van der Waals surface area contributed by atoms with Crippen LogP contribution in [0, 0.1) is 25.7 Å². The number of benzene rings is 2. The summed E-state index contributed by atoms with van der Waals surface area (Å²) in [7, 11) is 0. The van der Waals surface area contributed by atoms with Crippen LogP contribution in [-0.2, 0) is 11.2 Å². The summed E-state index contributed by atoms with van der Waals surface area (Å²) in [5.74, 6) is 5.71. The molecule has 0 bridgehead atoms. The van der Waals surface area contributed by atoms with Gasteiger partial charge in [-0.2, -0.15) is 0 Å². The van der Waals surface area contributed by atoms with Crippen LogP contribution >= 0.6 is 0 Å². The van der Waals surface area contributed by atoms with Gasteiger partial charge in [-0.3, -0.25) is 9.79 Å². The van der Waals surface area contributed by atoms with E-state index in [2.05, 4.69) is 37.8 Å². The Labute approximate surface area is 142 Å². The number of aryl methyl sites for hydroxylation is 2. The van der Waals surface area contributed by atoms with E-state index in [-0.39, 0.29) is 12.4 Å². The topological polar surface area (TPSA) is 49.7 Å². The first-order chi connectivity index (χ1) is 11.6. The van der Waals surface area contributed by atoms with E-state index in [1.54, 1.807) is 0 Å². The molecule has 0 saturated heterocycles. The van der Waals surface area contributed by atoms with Crippen molar-refractivity contribution in [2.75, 3.05) is 6.61 Å². The largest absolute Gasteiger partial charge is 0.384 e. The molecule has 3 nitrogen and oxygen atoms in total. The molecule has 0 amide bonds. The van der Waals surface area contributed by atoms with Gasteiger partial charge < -0.3 is 5.11 Å². The maximum atomic E-state index is 12.3. The Morgan fingerprint density at radius 1 is 1.12 bits per heavy atom. The fourth-order valence-electron chi connectivity index (χ4n) is 2.84. The van der Waals surface area contributed by atoms with Crippen LogP contribution in [0.1, 0.15) is 34.2 Å². The van der Waals surface area contributed by atoms with E-state index in [1.807, 2.05) is 24.3 Å². The predicted molar refractivity (Wildman–Crippen MR) is 95.8 cm³/mol. The Balaban J connectivity index is 2.08. The molecular weight excluding hydrogens is 298 g/mol. The number of rotatable bonds is 1. The van der Waals surface area contributed by atoms with Crippen LogP contribution in [-0.4, -0.2) is 23.2 Å². The third-order valence-corrected chi connectivity index (χ3v) is 4.21. The van der Waals surface area contributed by atoms with Gasteiger partial charge in [0.25, 0.3) is 0 Å². The van der Waals surface area contributed by atoms with Crippen molar-refractivity contribution < 1.29 is 9.90 Å². The summed E-state index contributed by atoms with van der Waals surface area (Å²) in [5, 5.41) is 8.83. The summed E-state index contributed by atoms with van der Waals surface area (Å²) in [6, 6.07) is 11.8. The van der Waals surface area contributed by atoms with Crippen LogP contribution in [0.5, 0.6) is 0 Å². The zero-order valence-corrected chi connectivity index (χ0v) is 13.9. The zero-order chi connectivity index (χ0) is 17.1.